The average Bonchev–Trinajstić information content (AvgIpc) is 3.14. The molecule has 0 aliphatic heterocycles. The summed E-state index contributed by atoms with van der Waals surface area (Å²) in [4.78, 5) is 15.4. The van der Waals surface area contributed by atoms with Crippen LogP contribution in [-0.2, 0) is 0 Å². The van der Waals surface area contributed by atoms with Gasteiger partial charge in [0, 0.05) is 22.1 Å². The molecule has 3 nitrogen and oxygen atoms in total. The number of aromatic nitrogens is 3. The highest BCUT2D eigenvalue weighted by atomic mass is 15.0. The lowest BCUT2D eigenvalue weighted by atomic mass is 9.92. The minimum atomic E-state index is 0.648. The van der Waals surface area contributed by atoms with Crippen molar-refractivity contribution < 1.29 is 0 Å². The average molecular weight is 586 g/mol. The summed E-state index contributed by atoms with van der Waals surface area (Å²) >= 11 is 0. The predicted octanol–water partition coefficient (Wildman–Crippen LogP) is 11.2. The Labute approximate surface area is 266 Å². The van der Waals surface area contributed by atoms with Crippen molar-refractivity contribution >= 4 is 43.1 Å². The minimum absolute atomic E-state index is 0.648. The molecule has 0 saturated heterocycles. The molecule has 0 bridgehead atoms. The summed E-state index contributed by atoms with van der Waals surface area (Å²) in [6.45, 7) is 0. The Morgan fingerprint density at radius 3 is 1.59 bits per heavy atom. The number of nitrogens with zero attached hydrogens (tertiary/aromatic N) is 3. The van der Waals surface area contributed by atoms with Crippen LogP contribution in [0.25, 0.3) is 88.4 Å². The van der Waals surface area contributed by atoms with Gasteiger partial charge in [-0.1, -0.05) is 152 Å². The normalized spacial score (nSPS) is 11.5. The summed E-state index contributed by atoms with van der Waals surface area (Å²) < 4.78 is 0. The lowest BCUT2D eigenvalue weighted by molar-refractivity contribution is 1.08. The largest absolute Gasteiger partial charge is 0.208 e. The van der Waals surface area contributed by atoms with E-state index in [1.54, 1.807) is 0 Å². The molecule has 214 valence electrons. The van der Waals surface area contributed by atoms with Crippen LogP contribution in [0.2, 0.25) is 0 Å². The van der Waals surface area contributed by atoms with Crippen LogP contribution < -0.4 is 0 Å². The van der Waals surface area contributed by atoms with Crippen LogP contribution in [0.1, 0.15) is 0 Å². The van der Waals surface area contributed by atoms with Gasteiger partial charge in [-0.15, -0.1) is 0 Å². The van der Waals surface area contributed by atoms with Crippen LogP contribution in [0.4, 0.5) is 0 Å². The molecule has 0 fully saturated rings. The van der Waals surface area contributed by atoms with Crippen molar-refractivity contribution in [1.29, 1.82) is 0 Å². The van der Waals surface area contributed by atoms with Crippen LogP contribution in [0.3, 0.4) is 0 Å². The van der Waals surface area contributed by atoms with E-state index in [1.807, 2.05) is 18.2 Å². The first-order chi connectivity index (χ1) is 22.8. The summed E-state index contributed by atoms with van der Waals surface area (Å²) in [6.07, 6.45) is 0. The molecule has 0 unspecified atom stereocenters. The van der Waals surface area contributed by atoms with Crippen molar-refractivity contribution in [3.05, 3.63) is 164 Å². The fourth-order valence-electron chi connectivity index (χ4n) is 6.59. The van der Waals surface area contributed by atoms with Gasteiger partial charge >= 0.3 is 0 Å². The number of rotatable bonds is 4. The Kier molecular flexibility index (Phi) is 6.14. The van der Waals surface area contributed by atoms with Gasteiger partial charge in [0.15, 0.2) is 17.5 Å². The van der Waals surface area contributed by atoms with Gasteiger partial charge in [0.1, 0.15) is 0 Å². The third kappa shape index (κ3) is 4.49. The lowest BCUT2D eigenvalue weighted by Gasteiger charge is -2.15. The quantitative estimate of drug-likeness (QED) is 0.152. The van der Waals surface area contributed by atoms with Gasteiger partial charge in [-0.25, -0.2) is 15.0 Å². The van der Waals surface area contributed by atoms with E-state index < -0.39 is 0 Å². The molecule has 1 heterocycles. The molecule has 3 heteroatoms. The van der Waals surface area contributed by atoms with Crippen LogP contribution in [0, 0.1) is 0 Å². The van der Waals surface area contributed by atoms with Gasteiger partial charge in [-0.05, 0) is 61.0 Å². The highest BCUT2D eigenvalue weighted by Crippen LogP contribution is 2.40. The summed E-state index contributed by atoms with van der Waals surface area (Å²) in [6, 6.07) is 57.6. The van der Waals surface area contributed by atoms with Crippen LogP contribution in [0.15, 0.2) is 164 Å². The molecule has 0 radical (unpaired) electrons. The zero-order chi connectivity index (χ0) is 30.5. The second-order valence-corrected chi connectivity index (χ2v) is 11.7. The maximum Gasteiger partial charge on any atom is 0.165 e. The van der Waals surface area contributed by atoms with Gasteiger partial charge in [0.05, 0.1) is 0 Å². The molecule has 9 aromatic rings. The van der Waals surface area contributed by atoms with Crippen LogP contribution in [0.5, 0.6) is 0 Å². The van der Waals surface area contributed by atoms with E-state index in [0.717, 1.165) is 43.8 Å². The van der Waals surface area contributed by atoms with Gasteiger partial charge in [0.25, 0.3) is 0 Å². The van der Waals surface area contributed by atoms with Gasteiger partial charge in [-0.3, -0.25) is 0 Å². The molecule has 0 N–H and O–H groups in total. The van der Waals surface area contributed by atoms with Gasteiger partial charge < -0.3 is 0 Å². The topological polar surface area (TPSA) is 38.7 Å². The van der Waals surface area contributed by atoms with Gasteiger partial charge in [0.2, 0.25) is 0 Å². The maximum absolute atomic E-state index is 5.23. The fourth-order valence-corrected chi connectivity index (χ4v) is 6.59. The molecule has 0 aliphatic carbocycles. The summed E-state index contributed by atoms with van der Waals surface area (Å²) in [5, 5.41) is 9.43. The van der Waals surface area contributed by atoms with E-state index in [9.17, 15) is 0 Å². The highest BCUT2D eigenvalue weighted by molar-refractivity contribution is 6.21. The van der Waals surface area contributed by atoms with Crippen molar-refractivity contribution in [1.82, 2.24) is 15.0 Å². The van der Waals surface area contributed by atoms with Gasteiger partial charge in [-0.2, -0.15) is 0 Å². The first-order valence-corrected chi connectivity index (χ1v) is 15.5. The van der Waals surface area contributed by atoms with Crippen LogP contribution >= 0.6 is 0 Å². The predicted molar refractivity (Wildman–Crippen MR) is 192 cm³/mol. The molecule has 1 aromatic heterocycles. The highest BCUT2D eigenvalue weighted by Gasteiger charge is 2.18. The van der Waals surface area contributed by atoms with E-state index in [4.69, 9.17) is 15.0 Å². The Morgan fingerprint density at radius 1 is 0.283 bits per heavy atom. The zero-order valence-corrected chi connectivity index (χ0v) is 24.9. The Bertz CT molecular complexity index is 2570. The molecule has 0 spiro atoms. The summed E-state index contributed by atoms with van der Waals surface area (Å²) in [5.41, 5.74) is 5.26. The minimum Gasteiger partial charge on any atom is -0.208 e. The Morgan fingerprint density at radius 2 is 0.804 bits per heavy atom. The lowest BCUT2D eigenvalue weighted by Crippen LogP contribution is -2.01. The molecule has 9 rings (SSSR count). The summed E-state index contributed by atoms with van der Waals surface area (Å²) in [7, 11) is 0. The first kappa shape index (κ1) is 26.2. The Balaban J connectivity index is 1.27. The number of hydrogen-bond donors (Lipinski definition) is 0. The molecule has 0 saturated carbocycles. The number of hydrogen-bond acceptors (Lipinski definition) is 3. The number of fused-ring (bicyclic) bond motifs is 5. The Hall–Kier alpha value is -6.19. The zero-order valence-electron chi connectivity index (χ0n) is 24.9. The second-order valence-electron chi connectivity index (χ2n) is 11.7. The van der Waals surface area contributed by atoms with Crippen molar-refractivity contribution in [2.45, 2.75) is 0 Å². The van der Waals surface area contributed by atoms with Crippen molar-refractivity contribution in [3.63, 3.8) is 0 Å². The van der Waals surface area contributed by atoms with Crippen LogP contribution in [-0.4, -0.2) is 15.0 Å². The SMILES string of the molecule is c1ccc(-c2nc(-c3ccc(-c4ccc5ccccc5c4)cc3)nc(-c3c4ccccc4cc4ccc5ccccc5c34)n2)cc1. The summed E-state index contributed by atoms with van der Waals surface area (Å²) in [5.74, 6) is 1.97. The smallest absolute Gasteiger partial charge is 0.165 e. The maximum atomic E-state index is 5.23. The standard InChI is InChI=1S/C43H27N3/c1-2-12-31(13-3-1)41-44-42(32-22-18-29(19-23-32)34-24-20-28-10-4-5-14-33(28)26-34)46-43(45-41)40-38-17-9-7-15-35(38)27-36-25-21-30-11-6-8-16-37(30)39(36)40/h1-27H. The third-order valence-electron chi connectivity index (χ3n) is 8.87. The monoisotopic (exact) mass is 585 g/mol. The first-order valence-electron chi connectivity index (χ1n) is 15.5. The van der Waals surface area contributed by atoms with Crippen molar-refractivity contribution in [2.75, 3.05) is 0 Å². The van der Waals surface area contributed by atoms with Crippen molar-refractivity contribution in [2.24, 2.45) is 0 Å². The van der Waals surface area contributed by atoms with E-state index in [1.165, 1.54) is 27.1 Å². The van der Waals surface area contributed by atoms with E-state index in [0.29, 0.717) is 17.5 Å². The van der Waals surface area contributed by atoms with Crippen molar-refractivity contribution in [3.8, 4) is 45.3 Å². The molecule has 0 amide bonds. The molecule has 0 atom stereocenters. The molecular formula is C43H27N3. The number of benzene rings is 8. The van der Waals surface area contributed by atoms with E-state index in [2.05, 4.69) is 146 Å². The molecular weight excluding hydrogens is 558 g/mol. The third-order valence-corrected chi connectivity index (χ3v) is 8.87. The molecule has 0 aliphatic rings. The second kappa shape index (κ2) is 10.8. The van der Waals surface area contributed by atoms with E-state index in [-0.39, 0.29) is 0 Å². The van der Waals surface area contributed by atoms with E-state index >= 15 is 0 Å². The fraction of sp³-hybridized carbons (Fsp3) is 0. The molecule has 8 aromatic carbocycles. The molecule has 46 heavy (non-hydrogen) atoms.